The van der Waals surface area contributed by atoms with E-state index in [0.29, 0.717) is 152 Å². The van der Waals surface area contributed by atoms with Gasteiger partial charge in [0.25, 0.3) is 47.8 Å². The molecule has 0 aliphatic carbocycles. The standard InChI is InChI=1S/C28H33N3O6S2.2C26H27ClN2O5S2/c1-36-16-6-14-30-24-12-11-23(21-8-3-9-22(26(21)24)28(30)33)31(15-17-37-2)27(32)20-7-4-13-29(19-20)39(34,35)25-10-5-18-38-25;1-34-14-4-13-29-21-9-8-17(19-6-2-7-20(25(19)21)26(29)31)15-22(30)18-5-3-12-28(16-18)36(32,33)24-11-10-23(27)35-24;1-34-15-5-13-28-21-10-9-17(18-6-4-7-19(25(18)21)26(28)31)16-22(30)20-8-2-3-14-29(20)36(32,33)24-12-11-23(27)35-24/h3,5,8-12,18,20H,4,6-7,13-17,19H2,1-2H3;2,6-11,18H,3-5,12-16H2,1H3;4,6-7,9-12,20H,2-3,5,8,13-16H2,1H3. The zero-order valence-electron chi connectivity index (χ0n) is 62.0. The Kier molecular flexibility index (Phi) is 26.1. The first-order chi connectivity index (χ1) is 53.5. The summed E-state index contributed by atoms with van der Waals surface area (Å²) in [5.41, 5.74) is 6.79. The largest absolute Gasteiger partial charge is 0.385 e. The number of anilines is 4. The van der Waals surface area contributed by atoms with E-state index < -0.39 is 42.0 Å². The van der Waals surface area contributed by atoms with Crippen LogP contribution in [0.2, 0.25) is 8.67 Å². The van der Waals surface area contributed by atoms with Gasteiger partial charge in [-0.25, -0.2) is 25.3 Å². The number of nitrogens with zero attached hydrogens (tertiary/aromatic N) is 7. The first-order valence-electron chi connectivity index (χ1n) is 37.0. The average Bonchev–Trinajstić information content (AvgIpc) is 1.60. The zero-order chi connectivity index (χ0) is 78.5. The molecule has 9 heterocycles. The van der Waals surface area contributed by atoms with Crippen molar-refractivity contribution in [2.75, 3.05) is 133 Å². The Bertz CT molecular complexity index is 5370. The van der Waals surface area contributed by atoms with Crippen molar-refractivity contribution < 1.29 is 73.0 Å². The van der Waals surface area contributed by atoms with Gasteiger partial charge in [0.2, 0.25) is 5.91 Å². The second-order valence-corrected chi connectivity index (χ2v) is 38.9. The lowest BCUT2D eigenvalue weighted by Crippen LogP contribution is -2.48. The Morgan fingerprint density at radius 1 is 0.468 bits per heavy atom. The molecule has 6 aliphatic heterocycles. The van der Waals surface area contributed by atoms with Gasteiger partial charge in [0.05, 0.1) is 50.0 Å². The van der Waals surface area contributed by atoms with Crippen LogP contribution in [0, 0.1) is 11.8 Å². The highest BCUT2D eigenvalue weighted by Crippen LogP contribution is 2.45. The van der Waals surface area contributed by atoms with Crippen LogP contribution in [0.5, 0.6) is 0 Å². The van der Waals surface area contributed by atoms with E-state index in [-0.39, 0.29) is 75.5 Å². The van der Waals surface area contributed by atoms with E-state index in [9.17, 15) is 54.0 Å². The van der Waals surface area contributed by atoms with Crippen molar-refractivity contribution in [2.24, 2.45) is 11.8 Å². The minimum atomic E-state index is -3.81. The summed E-state index contributed by atoms with van der Waals surface area (Å²) in [7, 11) is -4.63. The number of methoxy groups -OCH3 is 4. The van der Waals surface area contributed by atoms with Crippen molar-refractivity contribution in [3.05, 3.63) is 169 Å². The van der Waals surface area contributed by atoms with Crippen LogP contribution in [-0.2, 0) is 76.2 Å². The summed E-state index contributed by atoms with van der Waals surface area (Å²) in [4.78, 5) is 87.4. The lowest BCUT2D eigenvalue weighted by atomic mass is 9.89. The molecule has 0 bridgehead atoms. The molecule has 588 valence electrons. The molecule has 23 nitrogen and oxygen atoms in total. The molecule has 31 heteroatoms. The maximum atomic E-state index is 14.1. The summed E-state index contributed by atoms with van der Waals surface area (Å²) in [6, 6.07) is 37.0. The maximum Gasteiger partial charge on any atom is 0.258 e. The molecule has 9 aromatic rings. The third-order valence-corrected chi connectivity index (χ3v) is 31.7. The van der Waals surface area contributed by atoms with Gasteiger partial charge in [-0.1, -0.05) is 84.2 Å². The molecule has 0 saturated carbocycles. The number of hydrogen-bond acceptors (Lipinski definition) is 19. The summed E-state index contributed by atoms with van der Waals surface area (Å²) in [5.74, 6) is -1.25. The highest BCUT2D eigenvalue weighted by atomic mass is 35.5. The Morgan fingerprint density at radius 3 is 1.41 bits per heavy atom. The lowest BCUT2D eigenvalue weighted by Gasteiger charge is -2.34. The van der Waals surface area contributed by atoms with Gasteiger partial charge in [0.15, 0.2) is 5.78 Å². The van der Waals surface area contributed by atoms with Crippen LogP contribution in [0.25, 0.3) is 32.3 Å². The molecule has 3 unspecified atom stereocenters. The molecule has 6 aliphatic rings. The number of halogens is 2. The molecule has 0 radical (unpaired) electrons. The number of ketones is 2. The fraction of sp³-hybridized carbons (Fsp3) is 0.400. The predicted octanol–water partition coefficient (Wildman–Crippen LogP) is 13.6. The molecule has 0 spiro atoms. The number of carbonyl (C=O) groups excluding carboxylic acids is 6. The molecule has 3 aromatic heterocycles. The van der Waals surface area contributed by atoms with E-state index in [4.69, 9.17) is 42.1 Å². The number of rotatable bonds is 29. The van der Waals surface area contributed by atoms with Crippen molar-refractivity contribution in [3.8, 4) is 0 Å². The van der Waals surface area contributed by atoms with E-state index >= 15 is 0 Å². The number of benzene rings is 6. The first kappa shape index (κ1) is 81.6. The molecule has 3 atom stereocenters. The minimum absolute atomic E-state index is 0.0149. The number of ether oxygens (including phenoxy) is 4. The molecular formula is C80H87Cl2N7O16S6. The van der Waals surface area contributed by atoms with Gasteiger partial charge in [-0.3, -0.25) is 28.8 Å². The number of sulfonamides is 3. The molecule has 4 amide bonds. The summed E-state index contributed by atoms with van der Waals surface area (Å²) >= 11 is 15.2. The topological polar surface area (TPSA) is 264 Å². The predicted molar refractivity (Wildman–Crippen MR) is 435 cm³/mol. The number of thiophene rings is 3. The van der Waals surface area contributed by atoms with Crippen LogP contribution < -0.4 is 19.6 Å². The molecule has 0 N–H and O–H groups in total. The van der Waals surface area contributed by atoms with Crippen LogP contribution in [0.3, 0.4) is 0 Å². The third kappa shape index (κ3) is 16.8. The fourth-order valence-corrected chi connectivity index (χ4v) is 25.0. The Labute approximate surface area is 668 Å². The van der Waals surface area contributed by atoms with Crippen molar-refractivity contribution in [2.45, 2.75) is 95.7 Å². The SMILES string of the molecule is COCCCN1C(=O)c2cccc3c(CC(=O)C4CCCCN4S(=O)(=O)c4ccc(Cl)s4)ccc1c23.COCCCN1C(=O)c2cccc3c(CC(=O)C4CCCN(S(=O)(=O)c5ccc(Cl)s5)C4)ccc1c23.COCCCN1C(=O)c2cccc3c(N(CCOC)C(=O)C4CCCN(S(=O)(=O)c5cccs5)C4)ccc1c23. The smallest absolute Gasteiger partial charge is 0.258 e. The Morgan fingerprint density at radius 2 is 0.928 bits per heavy atom. The van der Waals surface area contributed by atoms with Crippen LogP contribution in [0.15, 0.2) is 145 Å². The van der Waals surface area contributed by atoms with Crippen LogP contribution in [0.4, 0.5) is 22.7 Å². The van der Waals surface area contributed by atoms with E-state index in [1.165, 1.54) is 36.4 Å². The maximum absolute atomic E-state index is 14.1. The van der Waals surface area contributed by atoms with Gasteiger partial charge in [-0.2, -0.15) is 12.9 Å². The highest BCUT2D eigenvalue weighted by molar-refractivity contribution is 7.92. The monoisotopic (exact) mass is 1660 g/mol. The van der Waals surface area contributed by atoms with Crippen LogP contribution >= 0.6 is 57.2 Å². The summed E-state index contributed by atoms with van der Waals surface area (Å²) in [6.45, 7) is 5.38. The van der Waals surface area contributed by atoms with E-state index in [1.807, 2.05) is 91.0 Å². The van der Waals surface area contributed by atoms with Gasteiger partial charge in [-0.05, 0) is 158 Å². The zero-order valence-corrected chi connectivity index (χ0v) is 68.4. The lowest BCUT2D eigenvalue weighted by molar-refractivity contribution is -0.124. The van der Waals surface area contributed by atoms with Crippen molar-refractivity contribution in [1.82, 2.24) is 12.9 Å². The second kappa shape index (κ2) is 35.5. The van der Waals surface area contributed by atoms with Crippen LogP contribution in [-0.4, -0.2) is 193 Å². The quantitative estimate of drug-likeness (QED) is 0.0394. The second-order valence-electron chi connectivity index (χ2n) is 28.0. The third-order valence-electron chi connectivity index (χ3n) is 21.2. The van der Waals surface area contributed by atoms with Crippen molar-refractivity contribution in [3.63, 3.8) is 0 Å². The summed E-state index contributed by atoms with van der Waals surface area (Å²) in [6.07, 6.45) is 6.95. The minimum Gasteiger partial charge on any atom is -0.385 e. The van der Waals surface area contributed by atoms with Crippen molar-refractivity contribution >= 4 is 178 Å². The normalized spacial score (nSPS) is 18.1. The Hall–Kier alpha value is -7.43. The van der Waals surface area contributed by atoms with Gasteiger partial charge in [0, 0.05) is 164 Å². The number of amides is 4. The van der Waals surface area contributed by atoms with Gasteiger partial charge in [0.1, 0.15) is 18.4 Å². The average molecular weight is 1670 g/mol. The molecule has 3 saturated heterocycles. The Balaban J connectivity index is 0.000000146. The number of hydrogen-bond donors (Lipinski definition) is 0. The number of Topliss-reactive ketones (excluding diaryl/α,β-unsaturated/α-hetero) is 2. The van der Waals surface area contributed by atoms with Gasteiger partial charge in [-0.15, -0.1) is 34.0 Å². The van der Waals surface area contributed by atoms with Gasteiger partial charge >= 0.3 is 0 Å². The van der Waals surface area contributed by atoms with Gasteiger partial charge < -0.3 is 38.5 Å². The van der Waals surface area contributed by atoms with E-state index in [0.717, 1.165) is 102 Å². The molecule has 111 heavy (non-hydrogen) atoms. The molecular weight excluding hydrogens is 1580 g/mol. The summed E-state index contributed by atoms with van der Waals surface area (Å²) in [5, 5.41) is 6.88. The highest BCUT2D eigenvalue weighted by Gasteiger charge is 2.42. The molecule has 15 rings (SSSR count). The first-order valence-corrected chi connectivity index (χ1v) is 44.6. The fourth-order valence-electron chi connectivity index (χ4n) is 15.9. The van der Waals surface area contributed by atoms with E-state index in [2.05, 4.69) is 0 Å². The number of piperidine rings is 3. The van der Waals surface area contributed by atoms with Crippen LogP contribution in [0.1, 0.15) is 106 Å². The van der Waals surface area contributed by atoms with E-state index in [1.54, 1.807) is 77.7 Å². The summed E-state index contributed by atoms with van der Waals surface area (Å²) < 4.78 is 106. The molecule has 3 fully saturated rings. The van der Waals surface area contributed by atoms with Crippen molar-refractivity contribution in [1.29, 1.82) is 0 Å². The molecule has 6 aromatic carbocycles. The number of carbonyl (C=O) groups is 6.